The number of nitrogens with zero attached hydrogens (tertiary/aromatic N) is 2. The lowest BCUT2D eigenvalue weighted by Gasteiger charge is -2.15. The van der Waals surface area contributed by atoms with Gasteiger partial charge in [0.1, 0.15) is 11.6 Å². The molecule has 23 heavy (non-hydrogen) atoms. The van der Waals surface area contributed by atoms with Gasteiger partial charge in [-0.15, -0.1) is 0 Å². The zero-order valence-electron chi connectivity index (χ0n) is 13.3. The minimum absolute atomic E-state index is 0.0837. The molecule has 1 aromatic heterocycles. The molecule has 0 unspecified atom stereocenters. The Morgan fingerprint density at radius 3 is 2.52 bits per heavy atom. The van der Waals surface area contributed by atoms with Gasteiger partial charge in [-0.25, -0.2) is 14.4 Å². The second-order valence-corrected chi connectivity index (χ2v) is 6.66. The lowest BCUT2D eigenvalue weighted by molar-refractivity contribution is 0.242. The molecule has 0 aliphatic carbocycles. The Morgan fingerprint density at radius 2 is 1.96 bits per heavy atom. The van der Waals surface area contributed by atoms with Gasteiger partial charge < -0.3 is 4.74 Å². The molecule has 0 spiro atoms. The average molecular weight is 375 g/mol. The summed E-state index contributed by atoms with van der Waals surface area (Å²) in [7, 11) is 0. The summed E-state index contributed by atoms with van der Waals surface area (Å²) in [6.45, 7) is 5.68. The summed E-state index contributed by atoms with van der Waals surface area (Å²) in [5.74, 6) is -0.0997. The van der Waals surface area contributed by atoms with E-state index in [0.29, 0.717) is 33.7 Å². The maximum atomic E-state index is 14.4. The molecule has 0 saturated heterocycles. The predicted molar refractivity (Wildman–Crippen MR) is 94.4 cm³/mol. The fraction of sp³-hybridized carbons (Fsp3) is 0.375. The van der Waals surface area contributed by atoms with Crippen LogP contribution in [-0.4, -0.2) is 22.3 Å². The SMILES string of the molecule is CCc1nc(SC)nc(-c2cc(OC(C)C)c(Cl)cc2F)c1Cl. The monoisotopic (exact) mass is 374 g/mol. The number of aromatic nitrogens is 2. The second-order valence-electron chi connectivity index (χ2n) is 5.10. The summed E-state index contributed by atoms with van der Waals surface area (Å²) in [5, 5.41) is 1.11. The molecule has 0 radical (unpaired) electrons. The third-order valence-corrected chi connectivity index (χ3v) is 4.30. The number of benzene rings is 1. The molecular formula is C16H17Cl2FN2OS. The van der Waals surface area contributed by atoms with Crippen molar-refractivity contribution >= 4 is 35.0 Å². The highest BCUT2D eigenvalue weighted by Crippen LogP contribution is 2.37. The summed E-state index contributed by atoms with van der Waals surface area (Å²) in [6, 6.07) is 2.76. The van der Waals surface area contributed by atoms with Crippen LogP contribution in [0.3, 0.4) is 0 Å². The number of thioether (sulfide) groups is 1. The van der Waals surface area contributed by atoms with Crippen molar-refractivity contribution in [1.82, 2.24) is 9.97 Å². The summed E-state index contributed by atoms with van der Waals surface area (Å²) in [6.07, 6.45) is 2.41. The smallest absolute Gasteiger partial charge is 0.188 e. The standard InChI is InChI=1S/C16H17Cl2FN2OS/c1-5-12-14(18)15(21-16(20-12)23-4)9-6-13(22-8(2)3)10(17)7-11(9)19/h6-8H,5H2,1-4H3. The van der Waals surface area contributed by atoms with E-state index in [4.69, 9.17) is 27.9 Å². The van der Waals surface area contributed by atoms with E-state index in [0.717, 1.165) is 0 Å². The number of hydrogen-bond acceptors (Lipinski definition) is 4. The van der Waals surface area contributed by atoms with Gasteiger partial charge in [-0.05, 0) is 38.7 Å². The Hall–Kier alpha value is -1.04. The van der Waals surface area contributed by atoms with Crippen LogP contribution in [0.2, 0.25) is 10.0 Å². The van der Waals surface area contributed by atoms with Crippen LogP contribution in [0.25, 0.3) is 11.3 Å². The molecule has 0 fully saturated rings. The summed E-state index contributed by atoms with van der Waals surface area (Å²) in [5.41, 5.74) is 1.29. The molecule has 0 aliphatic rings. The molecule has 2 aromatic rings. The van der Waals surface area contributed by atoms with E-state index in [1.807, 2.05) is 27.0 Å². The number of ether oxygens (including phenoxy) is 1. The Balaban J connectivity index is 2.66. The van der Waals surface area contributed by atoms with Crippen molar-refractivity contribution < 1.29 is 9.13 Å². The topological polar surface area (TPSA) is 35.0 Å². The number of halogens is 3. The molecule has 0 amide bonds. The second kappa shape index (κ2) is 7.69. The van der Waals surface area contributed by atoms with Gasteiger partial charge in [-0.1, -0.05) is 41.9 Å². The highest BCUT2D eigenvalue weighted by atomic mass is 35.5. The minimum atomic E-state index is -0.499. The van der Waals surface area contributed by atoms with E-state index in [2.05, 4.69) is 9.97 Å². The van der Waals surface area contributed by atoms with Gasteiger partial charge in [0.05, 0.1) is 27.5 Å². The molecule has 0 atom stereocenters. The molecule has 0 bridgehead atoms. The van der Waals surface area contributed by atoms with Crippen molar-refractivity contribution in [3.05, 3.63) is 33.7 Å². The lowest BCUT2D eigenvalue weighted by atomic mass is 10.1. The number of rotatable bonds is 5. The molecule has 0 aliphatic heterocycles. The van der Waals surface area contributed by atoms with Crippen molar-refractivity contribution in [3.63, 3.8) is 0 Å². The number of aryl methyl sites for hydroxylation is 1. The van der Waals surface area contributed by atoms with Crippen LogP contribution in [0.15, 0.2) is 17.3 Å². The Bertz CT molecular complexity index is 726. The van der Waals surface area contributed by atoms with Crippen LogP contribution in [0.5, 0.6) is 5.75 Å². The van der Waals surface area contributed by atoms with Crippen molar-refractivity contribution in [2.24, 2.45) is 0 Å². The summed E-state index contributed by atoms with van der Waals surface area (Å²) in [4.78, 5) is 8.72. The third kappa shape index (κ3) is 4.08. The molecule has 3 nitrogen and oxygen atoms in total. The maximum Gasteiger partial charge on any atom is 0.188 e. The van der Waals surface area contributed by atoms with Crippen molar-refractivity contribution in [2.75, 3.05) is 6.26 Å². The molecule has 1 aromatic carbocycles. The zero-order chi connectivity index (χ0) is 17.1. The maximum absolute atomic E-state index is 14.4. The van der Waals surface area contributed by atoms with Gasteiger partial charge in [-0.2, -0.15) is 0 Å². The van der Waals surface area contributed by atoms with Gasteiger partial charge in [0, 0.05) is 5.56 Å². The van der Waals surface area contributed by atoms with Crippen LogP contribution in [0.1, 0.15) is 26.5 Å². The van der Waals surface area contributed by atoms with Crippen molar-refractivity contribution in [2.45, 2.75) is 38.5 Å². The van der Waals surface area contributed by atoms with Crippen molar-refractivity contribution in [1.29, 1.82) is 0 Å². The predicted octanol–water partition coefficient (Wildman–Crippen LogP) is 5.66. The zero-order valence-corrected chi connectivity index (χ0v) is 15.6. The average Bonchev–Trinajstić information content (AvgIpc) is 2.50. The molecule has 124 valence electrons. The van der Waals surface area contributed by atoms with E-state index >= 15 is 0 Å². The van der Waals surface area contributed by atoms with Crippen LogP contribution >= 0.6 is 35.0 Å². The van der Waals surface area contributed by atoms with Gasteiger partial charge in [0.25, 0.3) is 0 Å². The minimum Gasteiger partial charge on any atom is -0.489 e. The summed E-state index contributed by atoms with van der Waals surface area (Å²) >= 11 is 13.8. The van der Waals surface area contributed by atoms with E-state index in [-0.39, 0.29) is 16.7 Å². The van der Waals surface area contributed by atoms with Gasteiger partial charge >= 0.3 is 0 Å². The number of hydrogen-bond donors (Lipinski definition) is 0. The van der Waals surface area contributed by atoms with Crippen LogP contribution in [0, 0.1) is 5.82 Å². The molecule has 1 heterocycles. The highest BCUT2D eigenvalue weighted by Gasteiger charge is 2.19. The van der Waals surface area contributed by atoms with E-state index in [9.17, 15) is 4.39 Å². The first-order valence-electron chi connectivity index (χ1n) is 7.13. The lowest BCUT2D eigenvalue weighted by Crippen LogP contribution is -2.07. The largest absolute Gasteiger partial charge is 0.489 e. The normalized spacial score (nSPS) is 11.1. The van der Waals surface area contributed by atoms with Gasteiger partial charge in [0.2, 0.25) is 0 Å². The fourth-order valence-corrected chi connectivity index (χ4v) is 2.93. The van der Waals surface area contributed by atoms with Crippen LogP contribution in [0.4, 0.5) is 4.39 Å². The Morgan fingerprint density at radius 1 is 1.26 bits per heavy atom. The first-order valence-corrected chi connectivity index (χ1v) is 9.11. The molecule has 2 rings (SSSR count). The first kappa shape index (κ1) is 18.3. The van der Waals surface area contributed by atoms with Crippen LogP contribution in [-0.2, 0) is 6.42 Å². The highest BCUT2D eigenvalue weighted by molar-refractivity contribution is 7.98. The van der Waals surface area contributed by atoms with E-state index < -0.39 is 5.82 Å². The fourth-order valence-electron chi connectivity index (χ4n) is 2.03. The Kier molecular flexibility index (Phi) is 6.12. The quantitative estimate of drug-likeness (QED) is 0.499. The van der Waals surface area contributed by atoms with Crippen LogP contribution < -0.4 is 4.74 Å². The van der Waals surface area contributed by atoms with Gasteiger partial charge in [0.15, 0.2) is 5.16 Å². The third-order valence-electron chi connectivity index (χ3n) is 3.06. The molecular weight excluding hydrogens is 358 g/mol. The van der Waals surface area contributed by atoms with Crippen molar-refractivity contribution in [3.8, 4) is 17.0 Å². The summed E-state index contributed by atoms with van der Waals surface area (Å²) < 4.78 is 20.1. The molecule has 7 heteroatoms. The van der Waals surface area contributed by atoms with E-state index in [1.165, 1.54) is 23.9 Å². The van der Waals surface area contributed by atoms with Gasteiger partial charge in [-0.3, -0.25) is 0 Å². The van der Waals surface area contributed by atoms with E-state index in [1.54, 1.807) is 0 Å². The first-order chi connectivity index (χ1) is 10.9. The molecule has 0 saturated carbocycles. The molecule has 0 N–H and O–H groups in total. The Labute approximate surface area is 149 Å².